The molecule has 3 aromatic rings. The van der Waals surface area contributed by atoms with Crippen LogP contribution in [-0.4, -0.2) is 34.7 Å². The van der Waals surface area contributed by atoms with Crippen LogP contribution in [0.4, 0.5) is 5.69 Å². The van der Waals surface area contributed by atoms with E-state index in [0.717, 1.165) is 43.5 Å². The van der Waals surface area contributed by atoms with Gasteiger partial charge in [-0.05, 0) is 64.2 Å². The molecule has 174 valence electrons. The molecule has 0 saturated heterocycles. The summed E-state index contributed by atoms with van der Waals surface area (Å²) in [6, 6.07) is 0. The molecule has 2 atom stereocenters. The standard InChI is InChI=1S/C22H26ClN7O3/c1-13-19(23)14(2)28(27-13)4-3-18-25-26-20(33-18)21-6-15-5-16(7-21)9-22(8-15,12-21)29-11-17(10-24-29)30(31)32/h10-11,15-16H,3-9,12H2,1-2H3. The number of halogens is 1. The molecule has 0 radical (unpaired) electrons. The Labute approximate surface area is 195 Å². The van der Waals surface area contributed by atoms with Crippen LogP contribution in [0, 0.1) is 35.8 Å². The fourth-order valence-corrected chi connectivity index (χ4v) is 7.20. The zero-order valence-electron chi connectivity index (χ0n) is 18.7. The van der Waals surface area contributed by atoms with Gasteiger partial charge < -0.3 is 4.42 Å². The molecule has 11 heteroatoms. The van der Waals surface area contributed by atoms with Gasteiger partial charge in [0.15, 0.2) is 0 Å². The predicted molar refractivity (Wildman–Crippen MR) is 118 cm³/mol. The number of rotatable bonds is 6. The molecule has 4 fully saturated rings. The predicted octanol–water partition coefficient (Wildman–Crippen LogP) is 4.13. The lowest BCUT2D eigenvalue weighted by Crippen LogP contribution is -2.58. The molecule has 10 nitrogen and oxygen atoms in total. The average molecular weight is 472 g/mol. The SMILES string of the molecule is Cc1nn(CCc2nnc(C34CC5CC(C3)CC(n3cc([N+](=O)[O-])cn3)(C5)C4)o2)c(C)c1Cl. The average Bonchev–Trinajstić information content (AvgIpc) is 3.49. The van der Waals surface area contributed by atoms with Gasteiger partial charge in [-0.1, -0.05) is 11.6 Å². The highest BCUT2D eigenvalue weighted by Crippen LogP contribution is 2.64. The van der Waals surface area contributed by atoms with Crippen LogP contribution in [0.1, 0.15) is 61.7 Å². The molecule has 3 heterocycles. The van der Waals surface area contributed by atoms with Crippen molar-refractivity contribution in [3.05, 3.63) is 50.7 Å². The molecule has 33 heavy (non-hydrogen) atoms. The minimum Gasteiger partial charge on any atom is -0.425 e. The quantitative estimate of drug-likeness (QED) is 0.391. The molecule has 0 aromatic carbocycles. The van der Waals surface area contributed by atoms with Gasteiger partial charge in [0.25, 0.3) is 0 Å². The fraction of sp³-hybridized carbons (Fsp3) is 0.636. The van der Waals surface area contributed by atoms with Crippen molar-refractivity contribution in [1.82, 2.24) is 29.8 Å². The third-order valence-corrected chi connectivity index (χ3v) is 8.59. The van der Waals surface area contributed by atoms with Gasteiger partial charge in [0.05, 0.1) is 32.3 Å². The van der Waals surface area contributed by atoms with Gasteiger partial charge >= 0.3 is 5.69 Å². The maximum atomic E-state index is 11.2. The Kier molecular flexibility index (Phi) is 4.50. The second-order valence-corrected chi connectivity index (χ2v) is 10.7. The van der Waals surface area contributed by atoms with E-state index in [4.69, 9.17) is 16.0 Å². The summed E-state index contributed by atoms with van der Waals surface area (Å²) in [5.74, 6) is 2.40. The number of aryl methyl sites for hydroxylation is 3. The van der Waals surface area contributed by atoms with Crippen molar-refractivity contribution in [3.8, 4) is 0 Å². The summed E-state index contributed by atoms with van der Waals surface area (Å²) in [7, 11) is 0. The van der Waals surface area contributed by atoms with Gasteiger partial charge in [-0.15, -0.1) is 10.2 Å². The van der Waals surface area contributed by atoms with Crippen molar-refractivity contribution in [2.24, 2.45) is 11.8 Å². The largest absolute Gasteiger partial charge is 0.425 e. The molecule has 4 saturated carbocycles. The first kappa shape index (κ1) is 20.8. The van der Waals surface area contributed by atoms with Crippen LogP contribution in [0.3, 0.4) is 0 Å². The van der Waals surface area contributed by atoms with E-state index in [1.165, 1.54) is 12.6 Å². The van der Waals surface area contributed by atoms with Crippen molar-refractivity contribution in [3.63, 3.8) is 0 Å². The molecule has 4 aliphatic carbocycles. The Hall–Kier alpha value is -2.75. The van der Waals surface area contributed by atoms with Crippen molar-refractivity contribution in [2.45, 2.75) is 76.3 Å². The van der Waals surface area contributed by atoms with Gasteiger partial charge in [-0.3, -0.25) is 19.5 Å². The summed E-state index contributed by atoms with van der Waals surface area (Å²) in [6.45, 7) is 4.48. The van der Waals surface area contributed by atoms with E-state index in [-0.39, 0.29) is 21.6 Å². The zero-order chi connectivity index (χ0) is 23.0. The van der Waals surface area contributed by atoms with E-state index in [2.05, 4.69) is 20.4 Å². The van der Waals surface area contributed by atoms with Crippen LogP contribution >= 0.6 is 11.6 Å². The molecule has 4 bridgehead atoms. The highest BCUT2D eigenvalue weighted by atomic mass is 35.5. The first-order chi connectivity index (χ1) is 15.8. The van der Waals surface area contributed by atoms with Crippen LogP contribution in [0.25, 0.3) is 0 Å². The molecule has 0 N–H and O–H groups in total. The first-order valence-corrected chi connectivity index (χ1v) is 11.9. The third kappa shape index (κ3) is 3.21. The van der Waals surface area contributed by atoms with Gasteiger partial charge in [0.1, 0.15) is 12.4 Å². The molecule has 0 amide bonds. The molecule has 2 unspecified atom stereocenters. The number of hydrogen-bond acceptors (Lipinski definition) is 7. The molecular weight excluding hydrogens is 446 g/mol. The number of nitro groups is 1. The van der Waals surface area contributed by atoms with Gasteiger partial charge in [0, 0.05) is 13.0 Å². The molecule has 7 rings (SSSR count). The van der Waals surface area contributed by atoms with E-state index in [1.807, 2.05) is 23.2 Å². The van der Waals surface area contributed by atoms with Crippen LogP contribution in [0.2, 0.25) is 5.02 Å². The maximum absolute atomic E-state index is 11.2. The maximum Gasteiger partial charge on any atom is 0.307 e. The smallest absolute Gasteiger partial charge is 0.307 e. The van der Waals surface area contributed by atoms with E-state index >= 15 is 0 Å². The van der Waals surface area contributed by atoms with E-state index < -0.39 is 0 Å². The van der Waals surface area contributed by atoms with Gasteiger partial charge in [-0.2, -0.15) is 10.2 Å². The summed E-state index contributed by atoms with van der Waals surface area (Å²) in [5.41, 5.74) is 1.40. The highest BCUT2D eigenvalue weighted by molar-refractivity contribution is 6.31. The molecule has 4 aliphatic rings. The minimum atomic E-state index is -0.375. The summed E-state index contributed by atoms with van der Waals surface area (Å²) in [6.07, 6.45) is 9.65. The Morgan fingerprint density at radius 3 is 2.64 bits per heavy atom. The van der Waals surface area contributed by atoms with Gasteiger partial charge in [0.2, 0.25) is 11.8 Å². The Bertz CT molecular complexity index is 1230. The van der Waals surface area contributed by atoms with Crippen molar-refractivity contribution in [2.75, 3.05) is 0 Å². The monoisotopic (exact) mass is 471 g/mol. The van der Waals surface area contributed by atoms with Crippen molar-refractivity contribution in [1.29, 1.82) is 0 Å². The lowest BCUT2D eigenvalue weighted by molar-refractivity contribution is -0.385. The summed E-state index contributed by atoms with van der Waals surface area (Å²) in [4.78, 5) is 10.9. The second kappa shape index (κ2) is 7.12. The topological polar surface area (TPSA) is 118 Å². The molecule has 3 aromatic heterocycles. The Morgan fingerprint density at radius 1 is 1.24 bits per heavy atom. The number of hydrogen-bond donors (Lipinski definition) is 0. The van der Waals surface area contributed by atoms with Crippen LogP contribution in [0.15, 0.2) is 16.8 Å². The minimum absolute atomic E-state index is 0.0455. The number of aromatic nitrogens is 6. The fourth-order valence-electron chi connectivity index (χ4n) is 7.06. The van der Waals surface area contributed by atoms with Crippen molar-refractivity contribution < 1.29 is 9.34 Å². The lowest BCUT2D eigenvalue weighted by atomic mass is 9.47. The lowest BCUT2D eigenvalue weighted by Gasteiger charge is -2.60. The zero-order valence-corrected chi connectivity index (χ0v) is 19.5. The Morgan fingerprint density at radius 2 is 2.00 bits per heavy atom. The number of nitrogens with zero attached hydrogens (tertiary/aromatic N) is 7. The van der Waals surface area contributed by atoms with E-state index in [0.29, 0.717) is 41.6 Å². The van der Waals surface area contributed by atoms with Crippen LogP contribution < -0.4 is 0 Å². The Balaban J connectivity index is 1.26. The molecular formula is C22H26ClN7O3. The summed E-state index contributed by atoms with van der Waals surface area (Å²) in [5, 5.41) is 29.7. The summed E-state index contributed by atoms with van der Waals surface area (Å²) >= 11 is 6.26. The molecule has 0 aliphatic heterocycles. The van der Waals surface area contributed by atoms with Crippen LogP contribution in [0.5, 0.6) is 0 Å². The van der Waals surface area contributed by atoms with E-state index in [1.54, 1.807) is 6.20 Å². The van der Waals surface area contributed by atoms with Crippen LogP contribution in [-0.2, 0) is 23.9 Å². The summed E-state index contributed by atoms with van der Waals surface area (Å²) < 4.78 is 10.0. The van der Waals surface area contributed by atoms with Gasteiger partial charge in [-0.25, -0.2) is 0 Å². The first-order valence-electron chi connectivity index (χ1n) is 11.5. The second-order valence-electron chi connectivity index (χ2n) is 10.3. The molecule has 0 spiro atoms. The van der Waals surface area contributed by atoms with E-state index in [9.17, 15) is 10.1 Å². The highest BCUT2D eigenvalue weighted by Gasteiger charge is 2.61. The van der Waals surface area contributed by atoms with Crippen molar-refractivity contribution >= 4 is 17.3 Å². The normalized spacial score (nSPS) is 30.3. The third-order valence-electron chi connectivity index (χ3n) is 8.05.